The molecule has 0 amide bonds. The Bertz CT molecular complexity index is 1220. The first-order chi connectivity index (χ1) is 15.2. The zero-order valence-electron chi connectivity index (χ0n) is 17.5. The lowest BCUT2D eigenvalue weighted by atomic mass is 10.0. The normalized spacial score (nSPS) is 21.9. The maximum Gasteiger partial charge on any atom is 0.129 e. The number of hydrogen-bond donors (Lipinski definition) is 2. The monoisotopic (exact) mass is 415 g/mol. The molecule has 1 aromatic carbocycles. The molecule has 158 valence electrons. The number of nitrogens with zero attached hydrogens (tertiary/aromatic N) is 5. The van der Waals surface area contributed by atoms with Gasteiger partial charge in [0.1, 0.15) is 11.3 Å². The van der Waals surface area contributed by atoms with E-state index in [0.29, 0.717) is 24.6 Å². The van der Waals surface area contributed by atoms with Crippen LogP contribution >= 0.6 is 0 Å². The van der Waals surface area contributed by atoms with Crippen LogP contribution in [0.5, 0.6) is 0 Å². The number of hydrogen-bond acceptors (Lipinski definition) is 7. The average molecular weight is 416 g/mol. The number of imidazole rings is 1. The van der Waals surface area contributed by atoms with Gasteiger partial charge in [-0.25, -0.2) is 10.5 Å². The second-order valence-electron chi connectivity index (χ2n) is 8.43. The highest BCUT2D eigenvalue weighted by molar-refractivity contribution is 6.02. The number of pyridine rings is 1. The predicted octanol–water partition coefficient (Wildman–Crippen LogP) is 4.57. The van der Waals surface area contributed by atoms with E-state index < -0.39 is 0 Å². The lowest BCUT2D eigenvalue weighted by molar-refractivity contribution is 0.00622. The van der Waals surface area contributed by atoms with Gasteiger partial charge >= 0.3 is 0 Å². The quantitative estimate of drug-likeness (QED) is 0.573. The molecule has 8 nitrogen and oxygen atoms in total. The summed E-state index contributed by atoms with van der Waals surface area (Å²) in [5.41, 5.74) is 11.5. The van der Waals surface area contributed by atoms with Crippen molar-refractivity contribution in [1.82, 2.24) is 19.9 Å². The summed E-state index contributed by atoms with van der Waals surface area (Å²) in [6.45, 7) is 3.36. The number of fused-ring (bicyclic) bond motifs is 3. The van der Waals surface area contributed by atoms with E-state index in [1.807, 2.05) is 24.5 Å². The van der Waals surface area contributed by atoms with Crippen LogP contribution in [0.15, 0.2) is 41.4 Å². The molecule has 2 N–H and O–H groups in total. The van der Waals surface area contributed by atoms with E-state index in [-0.39, 0.29) is 12.1 Å². The summed E-state index contributed by atoms with van der Waals surface area (Å²) in [5, 5.41) is 17.4. The Balaban J connectivity index is 1.61. The van der Waals surface area contributed by atoms with Gasteiger partial charge in [-0.1, -0.05) is 0 Å². The van der Waals surface area contributed by atoms with Gasteiger partial charge in [0.25, 0.3) is 0 Å². The van der Waals surface area contributed by atoms with Crippen molar-refractivity contribution in [3.8, 4) is 6.07 Å². The van der Waals surface area contributed by atoms with E-state index >= 15 is 0 Å². The zero-order chi connectivity index (χ0) is 21.4. The van der Waals surface area contributed by atoms with E-state index in [1.165, 1.54) is 0 Å². The molecule has 31 heavy (non-hydrogen) atoms. The Morgan fingerprint density at radius 2 is 2.26 bits per heavy atom. The molecule has 1 saturated heterocycles. The Morgan fingerprint density at radius 1 is 1.39 bits per heavy atom. The van der Waals surface area contributed by atoms with E-state index in [0.717, 1.165) is 59.1 Å². The number of aromatic nitrogens is 3. The van der Waals surface area contributed by atoms with Crippen molar-refractivity contribution in [3.05, 3.63) is 47.7 Å². The van der Waals surface area contributed by atoms with E-state index in [2.05, 4.69) is 33.0 Å². The number of allylic oxidation sites excluding steroid dienone is 1. The highest BCUT2D eigenvalue weighted by atomic mass is 16.5. The van der Waals surface area contributed by atoms with Crippen molar-refractivity contribution >= 4 is 21.9 Å². The van der Waals surface area contributed by atoms with Gasteiger partial charge in [-0.15, -0.1) is 0 Å². The molecule has 0 spiro atoms. The third-order valence-electron chi connectivity index (χ3n) is 6.18. The minimum atomic E-state index is 0.184. The number of nitriles is 1. The van der Waals surface area contributed by atoms with Crippen LogP contribution in [0.2, 0.25) is 0 Å². The summed E-state index contributed by atoms with van der Waals surface area (Å²) in [4.78, 5) is 9.48. The minimum Gasteiger partial charge on any atom is -0.382 e. The maximum absolute atomic E-state index is 9.42. The van der Waals surface area contributed by atoms with Crippen molar-refractivity contribution in [3.63, 3.8) is 0 Å². The van der Waals surface area contributed by atoms with Gasteiger partial charge in [0.05, 0.1) is 47.2 Å². The molecular formula is C23H25N7O. The van der Waals surface area contributed by atoms with Crippen molar-refractivity contribution < 1.29 is 4.74 Å². The van der Waals surface area contributed by atoms with Crippen LogP contribution in [-0.2, 0) is 11.3 Å². The molecule has 5 rings (SSSR count). The second-order valence-corrected chi connectivity index (χ2v) is 8.43. The van der Waals surface area contributed by atoms with Crippen LogP contribution in [0.1, 0.15) is 50.0 Å². The Kier molecular flexibility index (Phi) is 5.12. The molecule has 3 aromatic rings. The Labute approximate surface area is 180 Å². The molecule has 1 saturated carbocycles. The number of benzene rings is 1. The van der Waals surface area contributed by atoms with Crippen molar-refractivity contribution in [2.75, 3.05) is 6.61 Å². The fourth-order valence-corrected chi connectivity index (χ4v) is 4.49. The van der Waals surface area contributed by atoms with Crippen LogP contribution in [0, 0.1) is 22.8 Å². The highest BCUT2D eigenvalue weighted by Crippen LogP contribution is 2.37. The van der Waals surface area contributed by atoms with Gasteiger partial charge in [0.15, 0.2) is 0 Å². The third kappa shape index (κ3) is 3.77. The Morgan fingerprint density at radius 3 is 3.00 bits per heavy atom. The first kappa shape index (κ1) is 19.6. The first-order valence-corrected chi connectivity index (χ1v) is 10.8. The lowest BCUT2D eigenvalue weighted by Gasteiger charge is -2.30. The molecule has 3 heterocycles. The number of nitrogens with one attached hydrogen (secondary N) is 2. The molecule has 1 unspecified atom stereocenters. The molecule has 8 heteroatoms. The smallest absolute Gasteiger partial charge is 0.129 e. The second kappa shape index (κ2) is 8.08. The Hall–Kier alpha value is -3.31. The molecular weight excluding hydrogens is 390 g/mol. The van der Waals surface area contributed by atoms with Crippen molar-refractivity contribution in [2.45, 2.75) is 51.3 Å². The molecule has 0 radical (unpaired) electrons. The number of rotatable bonds is 6. The zero-order valence-corrected chi connectivity index (χ0v) is 17.5. The highest BCUT2D eigenvalue weighted by Gasteiger charge is 2.27. The summed E-state index contributed by atoms with van der Waals surface area (Å²) in [5.74, 6) is 1.33. The summed E-state index contributed by atoms with van der Waals surface area (Å²) >= 11 is 0. The summed E-state index contributed by atoms with van der Waals surface area (Å²) in [6.07, 6.45) is 7.88. The van der Waals surface area contributed by atoms with Crippen LogP contribution in [0.4, 0.5) is 0 Å². The molecule has 2 atom stereocenters. The SMILES string of the molecule is C[C@@H]1CC(n2c(CN/C=C(\N=N)C3CC3)nc3cnc4ccc(C#N)cc4c32)CCO1. The van der Waals surface area contributed by atoms with Gasteiger partial charge in [-0.05, 0) is 50.8 Å². The molecule has 0 bridgehead atoms. The van der Waals surface area contributed by atoms with Crippen molar-refractivity contribution in [1.29, 1.82) is 10.8 Å². The van der Waals surface area contributed by atoms with Crippen LogP contribution in [-0.4, -0.2) is 27.2 Å². The summed E-state index contributed by atoms with van der Waals surface area (Å²) in [6, 6.07) is 8.11. The lowest BCUT2D eigenvalue weighted by Crippen LogP contribution is -2.27. The molecule has 1 aliphatic heterocycles. The predicted molar refractivity (Wildman–Crippen MR) is 116 cm³/mol. The van der Waals surface area contributed by atoms with Gasteiger partial charge in [-0.2, -0.15) is 10.4 Å². The third-order valence-corrected chi connectivity index (χ3v) is 6.18. The maximum atomic E-state index is 9.42. The van der Waals surface area contributed by atoms with Crippen molar-refractivity contribution in [2.24, 2.45) is 11.0 Å². The van der Waals surface area contributed by atoms with Gasteiger partial charge in [0.2, 0.25) is 0 Å². The standard InChI is InChI=1S/C23H25N7O/c1-14-8-17(6-7-31-14)30-22(13-26-11-20(29-25)16-3-4-16)28-21-12-27-19-5-2-15(10-24)9-18(19)23(21)30/h2,5,9,11-12,14,16-17,25-26H,3-4,6-8,13H2,1H3/b20-11-,29-25?/t14-,17?/m1/s1. The molecule has 2 aliphatic rings. The summed E-state index contributed by atoms with van der Waals surface area (Å²) in [7, 11) is 0. The van der Waals surface area contributed by atoms with Gasteiger partial charge in [-0.3, -0.25) is 4.98 Å². The van der Waals surface area contributed by atoms with E-state index in [1.54, 1.807) is 6.07 Å². The average Bonchev–Trinajstić information content (AvgIpc) is 3.56. The number of ether oxygens (including phenoxy) is 1. The van der Waals surface area contributed by atoms with E-state index in [4.69, 9.17) is 15.3 Å². The fourth-order valence-electron chi connectivity index (χ4n) is 4.49. The van der Waals surface area contributed by atoms with Crippen LogP contribution < -0.4 is 5.32 Å². The minimum absolute atomic E-state index is 0.184. The van der Waals surface area contributed by atoms with E-state index in [9.17, 15) is 5.26 Å². The largest absolute Gasteiger partial charge is 0.382 e. The van der Waals surface area contributed by atoms with Crippen LogP contribution in [0.25, 0.3) is 21.9 Å². The molecule has 2 aromatic heterocycles. The molecule has 1 aliphatic carbocycles. The van der Waals surface area contributed by atoms with Gasteiger partial charge < -0.3 is 14.6 Å². The topological polar surface area (TPSA) is 112 Å². The van der Waals surface area contributed by atoms with Gasteiger partial charge in [0, 0.05) is 30.2 Å². The van der Waals surface area contributed by atoms with Crippen LogP contribution in [0.3, 0.4) is 0 Å². The first-order valence-electron chi connectivity index (χ1n) is 10.8. The summed E-state index contributed by atoms with van der Waals surface area (Å²) < 4.78 is 8.11. The fraction of sp³-hybridized carbons (Fsp3) is 0.435. The molecule has 2 fully saturated rings.